The number of amides is 5. The van der Waals surface area contributed by atoms with Crippen LogP contribution in [0.2, 0.25) is 0 Å². The van der Waals surface area contributed by atoms with Crippen LogP contribution in [0.4, 0.5) is 29.5 Å². The van der Waals surface area contributed by atoms with Crippen LogP contribution in [0.3, 0.4) is 0 Å². The lowest BCUT2D eigenvalue weighted by atomic mass is 9.78. The van der Waals surface area contributed by atoms with E-state index in [9.17, 15) is 42.3 Å². The Labute approximate surface area is 419 Å². The van der Waals surface area contributed by atoms with E-state index in [2.05, 4.69) is 56.5 Å². The number of imide groups is 1. The van der Waals surface area contributed by atoms with Crippen molar-refractivity contribution in [3.63, 3.8) is 0 Å². The molecule has 4 unspecified atom stereocenters. The number of anilines is 2. The molecule has 0 aliphatic carbocycles. The maximum absolute atomic E-state index is 14.4. The van der Waals surface area contributed by atoms with Crippen LogP contribution in [-0.4, -0.2) is 128 Å². The molecule has 4 aromatic rings. The van der Waals surface area contributed by atoms with Crippen LogP contribution in [0.25, 0.3) is 0 Å². The quantitative estimate of drug-likeness (QED) is 0.0514. The third kappa shape index (κ3) is 11.7. The number of rotatable bonds is 18. The van der Waals surface area contributed by atoms with E-state index in [1.54, 1.807) is 36.7 Å². The molecule has 382 valence electrons. The fourth-order valence-electron chi connectivity index (χ4n) is 10.8. The Morgan fingerprint density at radius 3 is 2.57 bits per heavy atom. The van der Waals surface area contributed by atoms with Crippen LogP contribution in [0.15, 0.2) is 76.9 Å². The molecule has 9 rings (SSSR count). The Kier molecular flexibility index (Phi) is 15.1. The molecule has 2 aromatic heterocycles. The van der Waals surface area contributed by atoms with Gasteiger partial charge in [0.05, 0.1) is 16.9 Å². The first kappa shape index (κ1) is 50.7. The molecule has 0 bridgehead atoms. The van der Waals surface area contributed by atoms with Crippen molar-refractivity contribution in [3.8, 4) is 0 Å². The molecule has 7 heterocycles. The van der Waals surface area contributed by atoms with Crippen LogP contribution in [-0.2, 0) is 27.5 Å². The average Bonchev–Trinajstić information content (AvgIpc) is 3.91. The number of carboxylic acid groups (broad SMARTS) is 1. The number of benzene rings is 2. The van der Waals surface area contributed by atoms with Crippen molar-refractivity contribution < 1.29 is 42.3 Å². The summed E-state index contributed by atoms with van der Waals surface area (Å²) < 4.78 is 43.2. The lowest BCUT2D eigenvalue weighted by Gasteiger charge is -2.48. The van der Waals surface area contributed by atoms with Gasteiger partial charge >= 0.3 is 12.3 Å². The van der Waals surface area contributed by atoms with Gasteiger partial charge in [-0.2, -0.15) is 18.3 Å². The Morgan fingerprint density at radius 1 is 0.972 bits per heavy atom. The minimum atomic E-state index is -4.66. The van der Waals surface area contributed by atoms with Crippen molar-refractivity contribution in [3.05, 3.63) is 95.1 Å². The van der Waals surface area contributed by atoms with Crippen molar-refractivity contribution in [1.82, 2.24) is 51.2 Å². The second kappa shape index (κ2) is 21.5. The molecule has 5 amide bonds. The zero-order valence-corrected chi connectivity index (χ0v) is 40.8. The number of carbonyl (C=O) groups excluding carboxylic acids is 4. The third-order valence-corrected chi connectivity index (χ3v) is 15.6. The van der Waals surface area contributed by atoms with E-state index >= 15 is 0 Å². The molecular weight excluding hydrogens is 954 g/mol. The molecule has 22 heteroatoms. The monoisotopic (exact) mass is 1010 g/mol. The van der Waals surface area contributed by atoms with Crippen LogP contribution >= 0.6 is 11.8 Å². The molecule has 2 aromatic carbocycles. The maximum atomic E-state index is 14.4. The smallest absolute Gasteiger partial charge is 0.409 e. The fraction of sp³-hybridized carbons (Fsp3) is 0.500. The summed E-state index contributed by atoms with van der Waals surface area (Å²) >= 11 is 1.43. The molecule has 4 fully saturated rings. The summed E-state index contributed by atoms with van der Waals surface area (Å²) in [6, 6.07) is 12.5. The van der Waals surface area contributed by atoms with E-state index in [-0.39, 0.29) is 60.7 Å². The van der Waals surface area contributed by atoms with E-state index in [4.69, 9.17) is 0 Å². The minimum Gasteiger partial charge on any atom is -0.465 e. The molecular formula is C50H59F3N12O6S. The van der Waals surface area contributed by atoms with Crippen molar-refractivity contribution in [2.45, 2.75) is 117 Å². The summed E-state index contributed by atoms with van der Waals surface area (Å²) in [5, 5.41) is 32.5. The van der Waals surface area contributed by atoms with E-state index < -0.39 is 35.8 Å². The number of aromatic nitrogens is 4. The lowest BCUT2D eigenvalue weighted by Crippen LogP contribution is -2.57. The number of carbonyl (C=O) groups is 5. The number of likely N-dealkylation sites (tertiary alicyclic amines) is 1. The van der Waals surface area contributed by atoms with Gasteiger partial charge in [0.1, 0.15) is 17.1 Å². The summed E-state index contributed by atoms with van der Waals surface area (Å²) in [4.78, 5) is 77.7. The molecule has 1 spiro atoms. The molecule has 0 radical (unpaired) electrons. The number of hydrogen-bond donors (Lipinski definition) is 6. The maximum Gasteiger partial charge on any atom is 0.409 e. The van der Waals surface area contributed by atoms with Gasteiger partial charge in [-0.3, -0.25) is 34.8 Å². The molecule has 0 saturated carbocycles. The first-order chi connectivity index (χ1) is 34.5. The van der Waals surface area contributed by atoms with E-state index in [1.165, 1.54) is 22.7 Å². The molecule has 6 N–H and O–H groups in total. The zero-order valence-electron chi connectivity index (χ0n) is 40.0. The second-order valence-corrected chi connectivity index (χ2v) is 21.0. The first-order valence-electron chi connectivity index (χ1n) is 24.5. The Balaban J connectivity index is 0.677. The van der Waals surface area contributed by atoms with E-state index in [0.29, 0.717) is 64.8 Å². The molecule has 5 aliphatic rings. The number of unbranched alkanes of at least 4 members (excludes halogenated alkanes) is 3. The van der Waals surface area contributed by atoms with Crippen molar-refractivity contribution >= 4 is 53.0 Å². The fourth-order valence-corrected chi connectivity index (χ4v) is 11.8. The van der Waals surface area contributed by atoms with Crippen molar-refractivity contribution in [1.29, 1.82) is 0 Å². The highest BCUT2D eigenvalue weighted by atomic mass is 32.2. The number of alkyl halides is 3. The first-order valence-corrected chi connectivity index (χ1v) is 25.3. The van der Waals surface area contributed by atoms with Gasteiger partial charge in [0, 0.05) is 98.5 Å². The van der Waals surface area contributed by atoms with E-state index in [1.807, 2.05) is 31.2 Å². The standard InChI is InChI=1S/C50H59F3N12O6S/c1-48(60-47(70)71)16-18-54-26-36(48)42-45(56-20-19-55-42)72-34-8-6-7-33(24-34)58-40(66)9-4-2-3-5-21-63-28-49(29-63)17-22-64(30-49)39-14-12-37(61-62-39)43(50(51,52)53)57-25-31-10-11-35-32(23-31)27-65(46(35)69)38-13-15-41(67)59-44(38)68/h6-8,10-12,14,19-20,23-24,36,38,43,54,57,60H,2-5,9,13,15-18,21-22,25-30H2,1H3,(H,58,66)(H,70,71)(H,59,67,68). The SMILES string of the molecule is CC1(NC(=O)O)CCNCC1c1nccnc1Sc1cccc(NC(=O)CCCCCCN2CC3(CCN(c4ccc(C(NCc5ccc6c(c5)CN(C5CCC(=O)NC5=O)C6=O)C(F)(F)F)nn4)C3)C2)c1. The highest BCUT2D eigenvalue weighted by Gasteiger charge is 2.48. The number of piperidine rings is 2. The summed E-state index contributed by atoms with van der Waals surface area (Å²) in [5.41, 5.74) is 2.07. The average molecular weight is 1010 g/mol. The highest BCUT2D eigenvalue weighted by Crippen LogP contribution is 2.42. The van der Waals surface area contributed by atoms with Gasteiger partial charge in [0.25, 0.3) is 5.91 Å². The Morgan fingerprint density at radius 2 is 1.79 bits per heavy atom. The van der Waals surface area contributed by atoms with Crippen LogP contribution < -0.4 is 31.5 Å². The number of fused-ring (bicyclic) bond motifs is 1. The van der Waals surface area contributed by atoms with Gasteiger partial charge in [-0.1, -0.05) is 42.8 Å². The predicted molar refractivity (Wildman–Crippen MR) is 260 cm³/mol. The van der Waals surface area contributed by atoms with E-state index in [0.717, 1.165) is 69.7 Å². The normalized spacial score (nSPS) is 22.4. The van der Waals surface area contributed by atoms with Gasteiger partial charge in [0.15, 0.2) is 5.82 Å². The molecule has 5 aliphatic heterocycles. The number of halogens is 3. The largest absolute Gasteiger partial charge is 0.465 e. The van der Waals surface area contributed by atoms with Gasteiger partial charge in [-0.15, -0.1) is 5.10 Å². The number of hydrogen-bond acceptors (Lipinski definition) is 14. The van der Waals surface area contributed by atoms with Gasteiger partial charge in [-0.05, 0) is 99.6 Å². The molecule has 18 nitrogen and oxygen atoms in total. The predicted octanol–water partition coefficient (Wildman–Crippen LogP) is 5.78. The number of nitrogens with zero attached hydrogens (tertiary/aromatic N) is 7. The number of nitrogens with one attached hydrogen (secondary N) is 5. The van der Waals surface area contributed by atoms with Gasteiger partial charge in [-0.25, -0.2) is 9.78 Å². The van der Waals surface area contributed by atoms with Crippen molar-refractivity contribution in [2.75, 3.05) is 56.0 Å². The summed E-state index contributed by atoms with van der Waals surface area (Å²) in [6.07, 6.45) is 3.55. The molecule has 72 heavy (non-hydrogen) atoms. The van der Waals surface area contributed by atoms with Crippen LogP contribution in [0, 0.1) is 5.41 Å². The Hall–Kier alpha value is -6.23. The topological polar surface area (TPSA) is 227 Å². The summed E-state index contributed by atoms with van der Waals surface area (Å²) in [7, 11) is 0. The highest BCUT2D eigenvalue weighted by molar-refractivity contribution is 7.99. The summed E-state index contributed by atoms with van der Waals surface area (Å²) in [5.74, 6) is -1.01. The van der Waals surface area contributed by atoms with Gasteiger partial charge < -0.3 is 35.8 Å². The van der Waals surface area contributed by atoms with Crippen LogP contribution in [0.5, 0.6) is 0 Å². The molecule has 4 atom stereocenters. The Bertz CT molecular complexity index is 2670. The van der Waals surface area contributed by atoms with Crippen LogP contribution in [0.1, 0.15) is 110 Å². The zero-order chi connectivity index (χ0) is 50.6. The summed E-state index contributed by atoms with van der Waals surface area (Å²) in [6.45, 7) is 7.46. The lowest BCUT2D eigenvalue weighted by molar-refractivity contribution is -0.159. The second-order valence-electron chi connectivity index (χ2n) is 19.9. The molecule has 4 saturated heterocycles. The van der Waals surface area contributed by atoms with Gasteiger partial charge in [0.2, 0.25) is 17.7 Å². The van der Waals surface area contributed by atoms with Crippen molar-refractivity contribution in [2.24, 2.45) is 5.41 Å². The minimum absolute atomic E-state index is 0.0529. The third-order valence-electron chi connectivity index (χ3n) is 14.6.